The van der Waals surface area contributed by atoms with E-state index in [2.05, 4.69) is 47.7 Å². The number of carbonyl (C=O) groups is 1. The molecule has 0 aliphatic carbocycles. The van der Waals surface area contributed by atoms with Crippen LogP contribution in [-0.2, 0) is 24.2 Å². The van der Waals surface area contributed by atoms with Gasteiger partial charge in [0.25, 0.3) is 0 Å². The SMILES string of the molecule is COc1cncc(-c2ccc(CC(C)C)cc2CNCC(O)C(Cc2cc(F)cc(F)c2)NC(C)=O)c1. The van der Waals surface area contributed by atoms with E-state index in [-0.39, 0.29) is 18.9 Å². The minimum absolute atomic E-state index is 0.0850. The molecular weight excluding hydrogens is 476 g/mol. The Morgan fingerprint density at radius 2 is 1.76 bits per heavy atom. The van der Waals surface area contributed by atoms with E-state index >= 15 is 0 Å². The summed E-state index contributed by atoms with van der Waals surface area (Å²) in [5, 5.41) is 16.9. The number of hydrogen-bond acceptors (Lipinski definition) is 5. The van der Waals surface area contributed by atoms with Crippen LogP contribution < -0.4 is 15.4 Å². The second-order valence-corrected chi connectivity index (χ2v) is 9.69. The van der Waals surface area contributed by atoms with Crippen LogP contribution in [0.15, 0.2) is 54.9 Å². The molecule has 1 amide bonds. The lowest BCUT2D eigenvalue weighted by atomic mass is 9.94. The van der Waals surface area contributed by atoms with Crippen molar-refractivity contribution in [1.29, 1.82) is 0 Å². The van der Waals surface area contributed by atoms with E-state index in [1.54, 1.807) is 19.5 Å². The monoisotopic (exact) mass is 511 g/mol. The Kier molecular flexibility index (Phi) is 10.1. The van der Waals surface area contributed by atoms with Gasteiger partial charge in [0.2, 0.25) is 5.91 Å². The molecule has 0 saturated carbocycles. The number of aromatic nitrogens is 1. The largest absolute Gasteiger partial charge is 0.495 e. The molecule has 3 rings (SSSR count). The fraction of sp³-hybridized carbons (Fsp3) is 0.379. The first kappa shape index (κ1) is 28.2. The number of nitrogens with one attached hydrogen (secondary N) is 2. The van der Waals surface area contributed by atoms with E-state index in [9.17, 15) is 18.7 Å². The lowest BCUT2D eigenvalue weighted by Gasteiger charge is -2.24. The summed E-state index contributed by atoms with van der Waals surface area (Å²) in [6, 6.07) is 10.7. The molecule has 2 unspecified atom stereocenters. The maximum atomic E-state index is 13.7. The Labute approximate surface area is 217 Å². The van der Waals surface area contributed by atoms with E-state index in [0.717, 1.165) is 29.2 Å². The quantitative estimate of drug-likeness (QED) is 0.335. The summed E-state index contributed by atoms with van der Waals surface area (Å²) in [7, 11) is 1.60. The molecule has 0 saturated heterocycles. The number of aliphatic hydroxyl groups is 1. The third-order valence-electron chi connectivity index (χ3n) is 5.97. The molecule has 0 bridgehead atoms. The molecule has 0 spiro atoms. The summed E-state index contributed by atoms with van der Waals surface area (Å²) >= 11 is 0. The zero-order chi connectivity index (χ0) is 26.9. The summed E-state index contributed by atoms with van der Waals surface area (Å²) in [5.74, 6) is -0.590. The summed E-state index contributed by atoms with van der Waals surface area (Å²) in [5.41, 5.74) is 4.50. The molecule has 3 N–H and O–H groups in total. The second kappa shape index (κ2) is 13.3. The number of nitrogens with zero attached hydrogens (tertiary/aromatic N) is 1. The first-order valence-corrected chi connectivity index (χ1v) is 12.4. The highest BCUT2D eigenvalue weighted by molar-refractivity contribution is 5.73. The molecule has 198 valence electrons. The minimum Gasteiger partial charge on any atom is -0.495 e. The van der Waals surface area contributed by atoms with Gasteiger partial charge in [-0.25, -0.2) is 8.78 Å². The smallest absolute Gasteiger partial charge is 0.217 e. The fourth-order valence-electron chi connectivity index (χ4n) is 4.38. The van der Waals surface area contributed by atoms with Crippen LogP contribution in [-0.4, -0.2) is 41.8 Å². The zero-order valence-corrected chi connectivity index (χ0v) is 21.7. The highest BCUT2D eigenvalue weighted by Gasteiger charge is 2.21. The summed E-state index contributed by atoms with van der Waals surface area (Å²) in [4.78, 5) is 16.0. The second-order valence-electron chi connectivity index (χ2n) is 9.69. The number of rotatable bonds is 12. The van der Waals surface area contributed by atoms with Gasteiger partial charge in [-0.2, -0.15) is 0 Å². The number of benzene rings is 2. The minimum atomic E-state index is -0.990. The van der Waals surface area contributed by atoms with Gasteiger partial charge in [0.05, 0.1) is 25.5 Å². The summed E-state index contributed by atoms with van der Waals surface area (Å²) in [6.45, 7) is 6.29. The van der Waals surface area contributed by atoms with Gasteiger partial charge in [-0.1, -0.05) is 32.0 Å². The fourth-order valence-corrected chi connectivity index (χ4v) is 4.38. The van der Waals surface area contributed by atoms with E-state index in [4.69, 9.17) is 4.74 Å². The number of pyridine rings is 1. The van der Waals surface area contributed by atoms with E-state index in [0.29, 0.717) is 23.8 Å². The highest BCUT2D eigenvalue weighted by atomic mass is 19.1. The molecular formula is C29H35F2N3O3. The van der Waals surface area contributed by atoms with Crippen molar-refractivity contribution < 1.29 is 23.4 Å². The average Bonchev–Trinajstić information content (AvgIpc) is 2.82. The van der Waals surface area contributed by atoms with Gasteiger partial charge in [0.15, 0.2) is 0 Å². The van der Waals surface area contributed by atoms with Crippen molar-refractivity contribution in [3.8, 4) is 16.9 Å². The lowest BCUT2D eigenvalue weighted by Crippen LogP contribution is -2.48. The molecule has 37 heavy (non-hydrogen) atoms. The van der Waals surface area contributed by atoms with Gasteiger partial charge in [0.1, 0.15) is 17.4 Å². The Bertz CT molecular complexity index is 1180. The topological polar surface area (TPSA) is 83.5 Å². The Balaban J connectivity index is 1.76. The molecule has 2 atom stereocenters. The van der Waals surface area contributed by atoms with Crippen molar-refractivity contribution in [2.75, 3.05) is 13.7 Å². The summed E-state index contributed by atoms with van der Waals surface area (Å²) < 4.78 is 32.6. The van der Waals surface area contributed by atoms with Gasteiger partial charge in [-0.3, -0.25) is 9.78 Å². The van der Waals surface area contributed by atoms with Crippen LogP contribution in [0.5, 0.6) is 5.75 Å². The van der Waals surface area contributed by atoms with Crippen molar-refractivity contribution >= 4 is 5.91 Å². The van der Waals surface area contributed by atoms with Crippen molar-refractivity contribution in [1.82, 2.24) is 15.6 Å². The predicted molar refractivity (Wildman–Crippen MR) is 140 cm³/mol. The number of amides is 1. The molecule has 3 aromatic rings. The van der Waals surface area contributed by atoms with Crippen LogP contribution in [0.25, 0.3) is 11.1 Å². The van der Waals surface area contributed by atoms with Crippen molar-refractivity contribution in [2.24, 2.45) is 5.92 Å². The predicted octanol–water partition coefficient (Wildman–Crippen LogP) is 4.43. The van der Waals surface area contributed by atoms with Crippen LogP contribution in [0.2, 0.25) is 0 Å². The first-order valence-electron chi connectivity index (χ1n) is 12.4. The Morgan fingerprint density at radius 3 is 2.41 bits per heavy atom. The molecule has 0 aliphatic rings. The van der Waals surface area contributed by atoms with Gasteiger partial charge in [-0.15, -0.1) is 0 Å². The molecule has 0 fully saturated rings. The van der Waals surface area contributed by atoms with Crippen LogP contribution in [0.3, 0.4) is 0 Å². The molecule has 8 heteroatoms. The van der Waals surface area contributed by atoms with Crippen molar-refractivity contribution in [3.05, 3.63) is 83.2 Å². The maximum absolute atomic E-state index is 13.7. The Hall–Kier alpha value is -3.36. The third kappa shape index (κ3) is 8.61. The normalized spacial score (nSPS) is 12.9. The van der Waals surface area contributed by atoms with E-state index < -0.39 is 23.8 Å². The molecule has 2 aromatic carbocycles. The van der Waals surface area contributed by atoms with Gasteiger partial charge >= 0.3 is 0 Å². The lowest BCUT2D eigenvalue weighted by molar-refractivity contribution is -0.120. The number of halogens is 2. The number of carbonyl (C=O) groups excluding carboxylic acids is 1. The maximum Gasteiger partial charge on any atom is 0.217 e. The Morgan fingerprint density at radius 1 is 1.03 bits per heavy atom. The van der Waals surface area contributed by atoms with Crippen LogP contribution in [0, 0.1) is 17.6 Å². The van der Waals surface area contributed by atoms with Gasteiger partial charge in [0, 0.05) is 37.8 Å². The van der Waals surface area contributed by atoms with Crippen molar-refractivity contribution in [2.45, 2.75) is 52.3 Å². The molecule has 1 heterocycles. The third-order valence-corrected chi connectivity index (χ3v) is 5.97. The van der Waals surface area contributed by atoms with Crippen molar-refractivity contribution in [3.63, 3.8) is 0 Å². The standard InChI is InChI=1S/C29H35F2N3O3/c1-18(2)7-20-5-6-27(23-12-26(37-4)16-32-15-23)22(8-20)14-33-17-29(36)28(34-19(3)35)11-21-9-24(30)13-25(31)10-21/h5-6,8-10,12-13,15-16,18,28-29,33,36H,7,11,14,17H2,1-4H3,(H,34,35). The molecule has 0 radical (unpaired) electrons. The molecule has 1 aromatic heterocycles. The number of methoxy groups -OCH3 is 1. The first-order chi connectivity index (χ1) is 17.6. The van der Waals surface area contributed by atoms with Gasteiger partial charge in [-0.05, 0) is 59.2 Å². The summed E-state index contributed by atoms with van der Waals surface area (Å²) in [6.07, 6.45) is 3.46. The van der Waals surface area contributed by atoms with Crippen LogP contribution in [0.1, 0.15) is 37.5 Å². The van der Waals surface area contributed by atoms with Crippen LogP contribution >= 0.6 is 0 Å². The molecule has 6 nitrogen and oxygen atoms in total. The van der Waals surface area contributed by atoms with Crippen LogP contribution in [0.4, 0.5) is 8.78 Å². The molecule has 0 aliphatic heterocycles. The zero-order valence-electron chi connectivity index (χ0n) is 21.7. The van der Waals surface area contributed by atoms with E-state index in [1.165, 1.54) is 24.6 Å². The van der Waals surface area contributed by atoms with Gasteiger partial charge < -0.3 is 20.5 Å². The number of ether oxygens (including phenoxy) is 1. The number of hydrogen-bond donors (Lipinski definition) is 3. The van der Waals surface area contributed by atoms with E-state index in [1.807, 2.05) is 6.07 Å². The average molecular weight is 512 g/mol. The highest BCUT2D eigenvalue weighted by Crippen LogP contribution is 2.28. The number of aliphatic hydroxyl groups excluding tert-OH is 1.